The maximum Gasteiger partial charge on any atom is 0.203 e. The predicted octanol–water partition coefficient (Wildman–Crippen LogP) is 3.97. The highest BCUT2D eigenvalue weighted by Gasteiger charge is 2.19. The van der Waals surface area contributed by atoms with Crippen LogP contribution in [0.4, 0.5) is 0 Å². The molecule has 7 heteroatoms. The molecule has 1 aliphatic rings. The Hall–Kier alpha value is -2.09. The highest BCUT2D eigenvalue weighted by Crippen LogP contribution is 2.39. The van der Waals surface area contributed by atoms with Gasteiger partial charge < -0.3 is 20.3 Å². The van der Waals surface area contributed by atoms with E-state index in [9.17, 15) is 10.2 Å². The van der Waals surface area contributed by atoms with Crippen molar-refractivity contribution < 1.29 is 14.9 Å². The van der Waals surface area contributed by atoms with E-state index in [1.165, 1.54) is 23.9 Å². The zero-order valence-electron chi connectivity index (χ0n) is 12.4. The van der Waals surface area contributed by atoms with E-state index < -0.39 is 0 Å². The SMILES string of the molecule is Oc1cc(C=C2SC(=S)NC2=S)cc(O)c1OCc1ccccc1. The van der Waals surface area contributed by atoms with Crippen LogP contribution in [0.15, 0.2) is 47.4 Å². The number of thiocarbonyl (C=S) groups is 2. The summed E-state index contributed by atoms with van der Waals surface area (Å²) >= 11 is 11.6. The first-order chi connectivity index (χ1) is 11.5. The molecule has 4 nitrogen and oxygen atoms in total. The molecule has 1 heterocycles. The number of phenolic OH excluding ortho intramolecular Hbond substituents is 2. The van der Waals surface area contributed by atoms with Crippen LogP contribution in [0.5, 0.6) is 17.2 Å². The summed E-state index contributed by atoms with van der Waals surface area (Å²) in [5, 5.41) is 23.2. The molecule has 3 N–H and O–H groups in total. The van der Waals surface area contributed by atoms with E-state index in [0.29, 0.717) is 14.9 Å². The quantitative estimate of drug-likeness (QED) is 0.552. The molecule has 2 aromatic rings. The van der Waals surface area contributed by atoms with Gasteiger partial charge >= 0.3 is 0 Å². The predicted molar refractivity (Wildman–Crippen MR) is 104 cm³/mol. The van der Waals surface area contributed by atoms with Gasteiger partial charge in [0, 0.05) is 4.91 Å². The van der Waals surface area contributed by atoms with Crippen LogP contribution in [-0.4, -0.2) is 19.5 Å². The van der Waals surface area contributed by atoms with E-state index in [1.54, 1.807) is 6.08 Å². The van der Waals surface area contributed by atoms with Crippen LogP contribution in [0.1, 0.15) is 11.1 Å². The fraction of sp³-hybridized carbons (Fsp3) is 0.0588. The van der Waals surface area contributed by atoms with Crippen molar-refractivity contribution in [1.29, 1.82) is 0 Å². The molecular weight excluding hydrogens is 362 g/mol. The van der Waals surface area contributed by atoms with Gasteiger partial charge in [-0.3, -0.25) is 0 Å². The number of ether oxygens (including phenoxy) is 1. The van der Waals surface area contributed by atoms with Gasteiger partial charge in [-0.25, -0.2) is 0 Å². The Bertz CT molecular complexity index is 811. The third-order valence-electron chi connectivity index (χ3n) is 3.24. The molecule has 0 radical (unpaired) electrons. The van der Waals surface area contributed by atoms with Gasteiger partial charge in [0.1, 0.15) is 15.9 Å². The van der Waals surface area contributed by atoms with Gasteiger partial charge in [0.05, 0.1) is 0 Å². The molecule has 0 bridgehead atoms. The Morgan fingerprint density at radius 3 is 2.33 bits per heavy atom. The number of hydrogen-bond acceptors (Lipinski definition) is 6. The summed E-state index contributed by atoms with van der Waals surface area (Å²) in [6.45, 7) is 0.251. The third-order valence-corrected chi connectivity index (χ3v) is 4.87. The molecule has 0 amide bonds. The highest BCUT2D eigenvalue weighted by molar-refractivity contribution is 8.27. The molecule has 0 aliphatic carbocycles. The maximum absolute atomic E-state index is 10.1. The largest absolute Gasteiger partial charge is 0.504 e. The van der Waals surface area contributed by atoms with E-state index in [2.05, 4.69) is 5.32 Å². The first kappa shape index (κ1) is 16.8. The first-order valence-corrected chi connectivity index (χ1v) is 8.64. The van der Waals surface area contributed by atoms with Gasteiger partial charge in [-0.15, -0.1) is 0 Å². The maximum atomic E-state index is 10.1. The molecule has 0 saturated carbocycles. The lowest BCUT2D eigenvalue weighted by atomic mass is 10.1. The number of aromatic hydroxyl groups is 2. The van der Waals surface area contributed by atoms with E-state index >= 15 is 0 Å². The highest BCUT2D eigenvalue weighted by atomic mass is 32.2. The second kappa shape index (κ2) is 7.21. The van der Waals surface area contributed by atoms with Gasteiger partial charge in [0.2, 0.25) is 5.75 Å². The summed E-state index contributed by atoms with van der Waals surface area (Å²) in [6.07, 6.45) is 1.75. The van der Waals surface area contributed by atoms with Crippen molar-refractivity contribution in [2.45, 2.75) is 6.61 Å². The minimum atomic E-state index is -0.137. The zero-order valence-corrected chi connectivity index (χ0v) is 14.8. The Kier molecular flexibility index (Phi) is 5.03. The van der Waals surface area contributed by atoms with Crippen LogP contribution in [-0.2, 0) is 6.61 Å². The van der Waals surface area contributed by atoms with Gasteiger partial charge in [-0.2, -0.15) is 0 Å². The second-order valence-electron chi connectivity index (χ2n) is 5.01. The number of nitrogens with one attached hydrogen (secondary N) is 1. The van der Waals surface area contributed by atoms with E-state index in [-0.39, 0.29) is 23.9 Å². The number of phenols is 2. The molecule has 122 valence electrons. The Morgan fingerprint density at radius 2 is 1.75 bits per heavy atom. The van der Waals surface area contributed by atoms with Crippen LogP contribution >= 0.6 is 36.2 Å². The average Bonchev–Trinajstić information content (AvgIpc) is 2.85. The summed E-state index contributed by atoms with van der Waals surface area (Å²) < 4.78 is 6.12. The molecule has 1 aliphatic heterocycles. The summed E-state index contributed by atoms with van der Waals surface area (Å²) in [6, 6.07) is 12.5. The van der Waals surface area contributed by atoms with Crippen molar-refractivity contribution in [2.24, 2.45) is 0 Å². The molecule has 0 atom stereocenters. The molecule has 0 unspecified atom stereocenters. The number of thioether (sulfide) groups is 1. The van der Waals surface area contributed by atoms with Gasteiger partial charge in [-0.1, -0.05) is 66.5 Å². The lowest BCUT2D eigenvalue weighted by Gasteiger charge is -2.11. The van der Waals surface area contributed by atoms with Gasteiger partial charge in [-0.05, 0) is 29.3 Å². The van der Waals surface area contributed by atoms with Crippen LogP contribution < -0.4 is 10.1 Å². The topological polar surface area (TPSA) is 61.7 Å². The molecule has 3 rings (SSSR count). The first-order valence-electron chi connectivity index (χ1n) is 7.00. The molecule has 0 aromatic heterocycles. The molecule has 0 spiro atoms. The summed E-state index contributed by atoms with van der Waals surface area (Å²) in [7, 11) is 0. The van der Waals surface area contributed by atoms with Crippen LogP contribution in [0.2, 0.25) is 0 Å². The molecular formula is C17H13NO3S3. The standard InChI is InChI=1S/C17H13NO3S3/c19-12-6-11(8-14-16(22)18-17(23)24-14)7-13(20)15(12)21-9-10-4-2-1-3-5-10/h1-8,19-20H,9H2,(H,18,22,23). The van der Waals surface area contributed by atoms with Crippen LogP contribution in [0, 0.1) is 0 Å². The molecule has 1 saturated heterocycles. The Morgan fingerprint density at radius 1 is 1.08 bits per heavy atom. The smallest absolute Gasteiger partial charge is 0.203 e. The van der Waals surface area contributed by atoms with E-state index in [1.807, 2.05) is 30.3 Å². The lowest BCUT2D eigenvalue weighted by Crippen LogP contribution is -2.15. The molecule has 24 heavy (non-hydrogen) atoms. The van der Waals surface area contributed by atoms with Crippen molar-refractivity contribution in [3.63, 3.8) is 0 Å². The minimum absolute atomic E-state index is 0.0521. The number of benzene rings is 2. The van der Waals surface area contributed by atoms with E-state index in [4.69, 9.17) is 29.2 Å². The summed E-state index contributed by atoms with van der Waals surface area (Å²) in [5.74, 6) is -0.222. The fourth-order valence-electron chi connectivity index (χ4n) is 2.15. The fourth-order valence-corrected chi connectivity index (χ4v) is 3.63. The van der Waals surface area contributed by atoms with Crippen LogP contribution in [0.25, 0.3) is 6.08 Å². The third kappa shape index (κ3) is 3.87. The Labute approximate surface area is 154 Å². The monoisotopic (exact) mass is 375 g/mol. The minimum Gasteiger partial charge on any atom is -0.504 e. The van der Waals surface area contributed by atoms with Crippen molar-refractivity contribution in [1.82, 2.24) is 5.32 Å². The zero-order chi connectivity index (χ0) is 17.1. The van der Waals surface area contributed by atoms with Gasteiger partial charge in [0.25, 0.3) is 0 Å². The lowest BCUT2D eigenvalue weighted by molar-refractivity contribution is 0.273. The van der Waals surface area contributed by atoms with Crippen molar-refractivity contribution in [2.75, 3.05) is 0 Å². The van der Waals surface area contributed by atoms with E-state index in [0.717, 1.165) is 10.5 Å². The molecule has 1 fully saturated rings. The van der Waals surface area contributed by atoms with Crippen molar-refractivity contribution in [3.05, 3.63) is 58.5 Å². The second-order valence-corrected chi connectivity index (χ2v) is 7.14. The summed E-state index contributed by atoms with van der Waals surface area (Å²) in [5.41, 5.74) is 1.54. The van der Waals surface area contributed by atoms with Crippen LogP contribution in [0.3, 0.4) is 0 Å². The number of hydrogen-bond donors (Lipinski definition) is 3. The number of rotatable bonds is 4. The molecule has 2 aromatic carbocycles. The van der Waals surface area contributed by atoms with Crippen molar-refractivity contribution in [3.8, 4) is 17.2 Å². The average molecular weight is 375 g/mol. The summed E-state index contributed by atoms with van der Waals surface area (Å²) in [4.78, 5) is 1.31. The van der Waals surface area contributed by atoms with Crippen molar-refractivity contribution >= 4 is 51.6 Å². The van der Waals surface area contributed by atoms with Gasteiger partial charge in [0.15, 0.2) is 11.5 Å². The normalized spacial score (nSPS) is 15.6. The Balaban J connectivity index is 1.80.